The molecule has 2 aromatic rings. The summed E-state index contributed by atoms with van der Waals surface area (Å²) < 4.78 is 38.6. The molecule has 0 heterocycles. The summed E-state index contributed by atoms with van der Waals surface area (Å²) in [7, 11) is -3.59. The Morgan fingerprint density at radius 1 is 1.03 bits per heavy atom. The average Bonchev–Trinajstić information content (AvgIpc) is 2.72. The van der Waals surface area contributed by atoms with E-state index in [9.17, 15) is 13.2 Å². The highest BCUT2D eigenvalue weighted by molar-refractivity contribution is 7.89. The number of hydrogen-bond donors (Lipinski definition) is 2. The van der Waals surface area contributed by atoms with E-state index >= 15 is 0 Å². The Balaban J connectivity index is 2.08. The number of carbonyl (C=O) groups is 1. The van der Waals surface area contributed by atoms with Gasteiger partial charge in [-0.3, -0.25) is 4.79 Å². The van der Waals surface area contributed by atoms with Crippen LogP contribution in [0.1, 0.15) is 56.5 Å². The quantitative estimate of drug-likeness (QED) is 0.481. The number of hydrogen-bond acceptors (Lipinski definition) is 5. The molecule has 0 bridgehead atoms. The summed E-state index contributed by atoms with van der Waals surface area (Å²) in [4.78, 5) is 12.8. The number of benzene rings is 2. The Kier molecular flexibility index (Phi) is 9.33. The van der Waals surface area contributed by atoms with Crippen LogP contribution in [0.2, 0.25) is 0 Å². The lowest BCUT2D eigenvalue weighted by molar-refractivity contribution is 0.0950. The van der Waals surface area contributed by atoms with Crippen LogP contribution < -0.4 is 19.5 Å². The topological polar surface area (TPSA) is 93.7 Å². The van der Waals surface area contributed by atoms with Gasteiger partial charge in [-0.15, -0.1) is 0 Å². The van der Waals surface area contributed by atoms with E-state index in [1.165, 1.54) is 6.07 Å². The Hall–Kier alpha value is -2.58. The largest absolute Gasteiger partial charge is 0.490 e. The van der Waals surface area contributed by atoms with Gasteiger partial charge >= 0.3 is 0 Å². The van der Waals surface area contributed by atoms with Crippen molar-refractivity contribution < 1.29 is 22.7 Å². The van der Waals surface area contributed by atoms with E-state index in [4.69, 9.17) is 9.47 Å². The second-order valence-corrected chi connectivity index (χ2v) is 9.12. The Morgan fingerprint density at radius 2 is 1.81 bits per heavy atom. The van der Waals surface area contributed by atoms with Gasteiger partial charge in [0.25, 0.3) is 5.91 Å². The fourth-order valence-electron chi connectivity index (χ4n) is 2.85. The second kappa shape index (κ2) is 11.7. The summed E-state index contributed by atoms with van der Waals surface area (Å²) in [6.07, 6.45) is 1.97. The molecule has 170 valence electrons. The van der Waals surface area contributed by atoms with E-state index in [1.54, 1.807) is 50.2 Å². The maximum absolute atomic E-state index is 12.6. The highest BCUT2D eigenvalue weighted by Crippen LogP contribution is 2.29. The monoisotopic (exact) mass is 448 g/mol. The number of rotatable bonds is 12. The van der Waals surface area contributed by atoms with Crippen molar-refractivity contribution in [2.45, 2.75) is 58.0 Å². The summed E-state index contributed by atoms with van der Waals surface area (Å²) in [6, 6.07) is 11.4. The zero-order valence-corrected chi connectivity index (χ0v) is 19.4. The van der Waals surface area contributed by atoms with Crippen LogP contribution in [0, 0.1) is 0 Å². The number of carbonyl (C=O) groups excluding carboxylic acids is 1. The normalized spacial score (nSPS) is 11.4. The Bertz CT molecular complexity index is 974. The molecular weight excluding hydrogens is 416 g/mol. The van der Waals surface area contributed by atoms with Crippen molar-refractivity contribution in [1.82, 2.24) is 10.0 Å². The van der Waals surface area contributed by atoms with Gasteiger partial charge in [-0.1, -0.05) is 25.5 Å². The van der Waals surface area contributed by atoms with Crippen LogP contribution in [0.15, 0.2) is 47.4 Å². The molecule has 0 aliphatic carbocycles. The van der Waals surface area contributed by atoms with Crippen LogP contribution in [0.5, 0.6) is 11.5 Å². The smallest absolute Gasteiger partial charge is 0.251 e. The lowest BCUT2D eigenvalue weighted by Gasteiger charge is -2.14. The van der Waals surface area contributed by atoms with Gasteiger partial charge in [-0.2, -0.15) is 0 Å². The number of ether oxygens (including phenoxy) is 2. The van der Waals surface area contributed by atoms with E-state index < -0.39 is 10.0 Å². The molecule has 0 aromatic heterocycles. The molecule has 0 spiro atoms. The molecule has 0 aliphatic rings. The predicted octanol–water partition coefficient (Wildman–Crippen LogP) is 3.88. The summed E-state index contributed by atoms with van der Waals surface area (Å²) in [5.74, 6) is 0.858. The van der Waals surface area contributed by atoms with E-state index in [-0.39, 0.29) is 23.4 Å². The first-order valence-corrected chi connectivity index (χ1v) is 12.0. The maximum atomic E-state index is 12.6. The van der Waals surface area contributed by atoms with E-state index in [0.717, 1.165) is 12.8 Å². The Labute approximate surface area is 185 Å². The summed E-state index contributed by atoms with van der Waals surface area (Å²) in [5.41, 5.74) is 1.13. The minimum absolute atomic E-state index is 0.167. The minimum Gasteiger partial charge on any atom is -0.490 e. The molecule has 0 saturated carbocycles. The van der Waals surface area contributed by atoms with Gasteiger partial charge in [0.2, 0.25) is 10.0 Å². The van der Waals surface area contributed by atoms with Gasteiger partial charge in [0.05, 0.1) is 18.1 Å². The number of unbranched alkanes of at least 4 members (excludes halogenated alkanes) is 1. The molecule has 0 atom stereocenters. The lowest BCUT2D eigenvalue weighted by atomic mass is 10.1. The fraction of sp³-hybridized carbons (Fsp3) is 0.435. The van der Waals surface area contributed by atoms with E-state index in [1.807, 2.05) is 6.92 Å². The van der Waals surface area contributed by atoms with Crippen molar-refractivity contribution in [3.63, 3.8) is 0 Å². The molecule has 1 amide bonds. The first-order valence-electron chi connectivity index (χ1n) is 10.6. The molecule has 8 heteroatoms. The third-order valence-corrected chi connectivity index (χ3v) is 5.97. The Morgan fingerprint density at radius 3 is 2.48 bits per heavy atom. The molecule has 2 rings (SSSR count). The second-order valence-electron chi connectivity index (χ2n) is 7.40. The standard InChI is InChI=1S/C23H32N2O5S/c1-5-7-13-30-21-12-11-19(15-22(21)29-6-2)23(26)24-16-18-9-8-10-20(14-18)31(27,28)25-17(3)4/h8-12,14-15,17,25H,5-7,13,16H2,1-4H3,(H,24,26). The van der Waals surface area contributed by atoms with Crippen molar-refractivity contribution in [3.8, 4) is 11.5 Å². The number of nitrogens with one attached hydrogen (secondary N) is 2. The molecule has 0 unspecified atom stereocenters. The SMILES string of the molecule is CCCCOc1ccc(C(=O)NCc2cccc(S(=O)(=O)NC(C)C)c2)cc1OCC. The van der Waals surface area contributed by atoms with Crippen molar-refractivity contribution in [1.29, 1.82) is 0 Å². The zero-order chi connectivity index (χ0) is 22.9. The summed E-state index contributed by atoms with van der Waals surface area (Å²) in [6.45, 7) is 8.73. The number of sulfonamides is 1. The number of amides is 1. The molecule has 2 N–H and O–H groups in total. The first-order chi connectivity index (χ1) is 14.8. The van der Waals surface area contributed by atoms with Crippen LogP contribution >= 0.6 is 0 Å². The molecule has 31 heavy (non-hydrogen) atoms. The van der Waals surface area contributed by atoms with Gasteiger partial charge in [-0.05, 0) is 63.1 Å². The van der Waals surface area contributed by atoms with Gasteiger partial charge in [0.1, 0.15) is 0 Å². The summed E-state index contributed by atoms with van der Waals surface area (Å²) in [5, 5.41) is 2.83. The fourth-order valence-corrected chi connectivity index (χ4v) is 4.17. The van der Waals surface area contributed by atoms with Crippen molar-refractivity contribution in [3.05, 3.63) is 53.6 Å². The van der Waals surface area contributed by atoms with Crippen LogP contribution in [-0.4, -0.2) is 33.6 Å². The molecule has 0 fully saturated rings. The van der Waals surface area contributed by atoms with Crippen LogP contribution in [-0.2, 0) is 16.6 Å². The van der Waals surface area contributed by atoms with Crippen molar-refractivity contribution in [2.75, 3.05) is 13.2 Å². The van der Waals surface area contributed by atoms with Crippen LogP contribution in [0.4, 0.5) is 0 Å². The molecule has 0 aliphatic heterocycles. The van der Waals surface area contributed by atoms with Crippen LogP contribution in [0.3, 0.4) is 0 Å². The average molecular weight is 449 g/mol. The summed E-state index contributed by atoms with van der Waals surface area (Å²) >= 11 is 0. The highest BCUT2D eigenvalue weighted by Gasteiger charge is 2.16. The minimum atomic E-state index is -3.59. The van der Waals surface area contributed by atoms with Gasteiger partial charge in [0, 0.05) is 18.2 Å². The first kappa shape index (κ1) is 24.7. The van der Waals surface area contributed by atoms with Crippen molar-refractivity contribution in [2.24, 2.45) is 0 Å². The predicted molar refractivity (Wildman–Crippen MR) is 121 cm³/mol. The van der Waals surface area contributed by atoms with E-state index in [0.29, 0.717) is 35.8 Å². The third-order valence-electron chi connectivity index (χ3n) is 4.31. The van der Waals surface area contributed by atoms with Gasteiger partial charge in [0.15, 0.2) is 11.5 Å². The molecule has 0 saturated heterocycles. The van der Waals surface area contributed by atoms with Gasteiger partial charge < -0.3 is 14.8 Å². The maximum Gasteiger partial charge on any atom is 0.251 e. The lowest BCUT2D eigenvalue weighted by Crippen LogP contribution is -2.30. The van der Waals surface area contributed by atoms with E-state index in [2.05, 4.69) is 17.0 Å². The van der Waals surface area contributed by atoms with Gasteiger partial charge in [-0.25, -0.2) is 13.1 Å². The third kappa shape index (κ3) is 7.56. The zero-order valence-electron chi connectivity index (χ0n) is 18.6. The van der Waals surface area contributed by atoms with Crippen LogP contribution in [0.25, 0.3) is 0 Å². The van der Waals surface area contributed by atoms with Crippen molar-refractivity contribution >= 4 is 15.9 Å². The molecule has 2 aromatic carbocycles. The molecule has 0 radical (unpaired) electrons. The highest BCUT2D eigenvalue weighted by atomic mass is 32.2. The molecular formula is C23H32N2O5S. The molecule has 7 nitrogen and oxygen atoms in total.